The van der Waals surface area contributed by atoms with E-state index < -0.39 is 0 Å². The molecular weight excluding hydrogens is 206 g/mol. The quantitative estimate of drug-likeness (QED) is 0.454. The number of ether oxygens (including phenoxy) is 1. The number of rotatable bonds is 6. The molecule has 0 aromatic carbocycles. The van der Waals surface area contributed by atoms with E-state index in [4.69, 9.17) is 4.42 Å². The summed E-state index contributed by atoms with van der Waals surface area (Å²) in [5.41, 5.74) is 0.689. The van der Waals surface area contributed by atoms with Gasteiger partial charge < -0.3 is 14.5 Å². The minimum atomic E-state index is -0.262. The first-order valence-electron chi connectivity index (χ1n) is 5.28. The van der Waals surface area contributed by atoms with Gasteiger partial charge in [-0.15, -0.1) is 0 Å². The van der Waals surface area contributed by atoms with Gasteiger partial charge in [-0.2, -0.15) is 0 Å². The first kappa shape index (κ1) is 12.5. The molecule has 0 bridgehead atoms. The van der Waals surface area contributed by atoms with Crippen molar-refractivity contribution in [3.63, 3.8) is 0 Å². The topological polar surface area (TPSA) is 51.5 Å². The fourth-order valence-electron chi connectivity index (χ4n) is 1.31. The monoisotopic (exact) mass is 223 g/mol. The Morgan fingerprint density at radius 3 is 3.00 bits per heavy atom. The number of hydrogen-bond acceptors (Lipinski definition) is 4. The fraction of sp³-hybridized carbons (Fsp3) is 0.417. The van der Waals surface area contributed by atoms with E-state index >= 15 is 0 Å². The number of hydrogen-bond donors (Lipinski definition) is 1. The summed E-state index contributed by atoms with van der Waals surface area (Å²) in [7, 11) is 1.39. The molecule has 1 rings (SSSR count). The van der Waals surface area contributed by atoms with Crippen molar-refractivity contribution >= 4 is 5.97 Å². The summed E-state index contributed by atoms with van der Waals surface area (Å²) < 4.78 is 9.81. The SMILES string of the molecule is CC/C(=C/CNCc1ccco1)C(=O)OC. The maximum Gasteiger partial charge on any atom is 0.333 e. The van der Waals surface area contributed by atoms with Gasteiger partial charge in [-0.25, -0.2) is 4.79 Å². The molecule has 4 heteroatoms. The molecule has 1 aromatic rings. The van der Waals surface area contributed by atoms with Crippen LogP contribution in [0.3, 0.4) is 0 Å². The zero-order valence-electron chi connectivity index (χ0n) is 9.66. The summed E-state index contributed by atoms with van der Waals surface area (Å²) in [4.78, 5) is 11.2. The van der Waals surface area contributed by atoms with Crippen LogP contribution in [0, 0.1) is 0 Å². The van der Waals surface area contributed by atoms with E-state index in [1.807, 2.05) is 25.1 Å². The average Bonchev–Trinajstić information content (AvgIpc) is 2.81. The van der Waals surface area contributed by atoms with Crippen molar-refractivity contribution in [3.8, 4) is 0 Å². The lowest BCUT2D eigenvalue weighted by atomic mass is 10.2. The van der Waals surface area contributed by atoms with E-state index in [9.17, 15) is 4.79 Å². The van der Waals surface area contributed by atoms with Crippen LogP contribution in [0.2, 0.25) is 0 Å². The molecule has 0 aliphatic rings. The Morgan fingerprint density at radius 1 is 1.62 bits per heavy atom. The van der Waals surface area contributed by atoms with Crippen molar-refractivity contribution in [1.82, 2.24) is 5.32 Å². The summed E-state index contributed by atoms with van der Waals surface area (Å²) in [5.74, 6) is 0.617. The molecule has 0 saturated carbocycles. The Hall–Kier alpha value is -1.55. The zero-order chi connectivity index (χ0) is 11.8. The Balaban J connectivity index is 2.32. The van der Waals surface area contributed by atoms with Crippen molar-refractivity contribution < 1.29 is 13.9 Å². The third kappa shape index (κ3) is 3.90. The molecule has 0 aliphatic carbocycles. The lowest BCUT2D eigenvalue weighted by Gasteiger charge is -2.03. The second kappa shape index (κ2) is 6.85. The number of nitrogens with one attached hydrogen (secondary N) is 1. The van der Waals surface area contributed by atoms with Gasteiger partial charge in [0.15, 0.2) is 0 Å². The van der Waals surface area contributed by atoms with E-state index in [1.54, 1.807) is 6.26 Å². The van der Waals surface area contributed by atoms with Gasteiger partial charge in [0.1, 0.15) is 5.76 Å². The highest BCUT2D eigenvalue weighted by molar-refractivity contribution is 5.88. The minimum Gasteiger partial charge on any atom is -0.468 e. The van der Waals surface area contributed by atoms with Gasteiger partial charge in [0.25, 0.3) is 0 Å². The molecular formula is C12H17NO3. The van der Waals surface area contributed by atoms with Gasteiger partial charge in [0, 0.05) is 12.1 Å². The van der Waals surface area contributed by atoms with E-state index in [1.165, 1.54) is 7.11 Å². The van der Waals surface area contributed by atoms with Crippen LogP contribution in [-0.4, -0.2) is 19.6 Å². The van der Waals surface area contributed by atoms with Gasteiger partial charge in [0.05, 0.1) is 19.9 Å². The van der Waals surface area contributed by atoms with Gasteiger partial charge in [-0.3, -0.25) is 0 Å². The van der Waals surface area contributed by atoms with Crippen LogP contribution >= 0.6 is 0 Å². The van der Waals surface area contributed by atoms with Crippen LogP contribution in [0.5, 0.6) is 0 Å². The summed E-state index contributed by atoms with van der Waals surface area (Å²) in [6, 6.07) is 3.75. The second-order valence-corrected chi connectivity index (χ2v) is 3.28. The smallest absolute Gasteiger partial charge is 0.333 e. The Morgan fingerprint density at radius 2 is 2.44 bits per heavy atom. The maximum atomic E-state index is 11.2. The van der Waals surface area contributed by atoms with Crippen molar-refractivity contribution in [1.29, 1.82) is 0 Å². The van der Waals surface area contributed by atoms with Crippen LogP contribution in [0.1, 0.15) is 19.1 Å². The molecule has 0 radical (unpaired) electrons. The maximum absolute atomic E-state index is 11.2. The Bertz CT molecular complexity index is 341. The average molecular weight is 223 g/mol. The lowest BCUT2D eigenvalue weighted by molar-refractivity contribution is -0.136. The molecule has 1 heterocycles. The third-order valence-corrected chi connectivity index (χ3v) is 2.20. The van der Waals surface area contributed by atoms with Crippen molar-refractivity contribution in [3.05, 3.63) is 35.8 Å². The zero-order valence-corrected chi connectivity index (χ0v) is 9.66. The predicted molar refractivity (Wildman–Crippen MR) is 60.8 cm³/mol. The summed E-state index contributed by atoms with van der Waals surface area (Å²) in [6.07, 6.45) is 4.16. The fourth-order valence-corrected chi connectivity index (χ4v) is 1.31. The molecule has 0 spiro atoms. The molecule has 0 atom stereocenters. The molecule has 0 fully saturated rings. The first-order chi connectivity index (χ1) is 7.77. The normalized spacial score (nSPS) is 11.5. The lowest BCUT2D eigenvalue weighted by Crippen LogP contribution is -2.14. The molecule has 4 nitrogen and oxygen atoms in total. The molecule has 0 amide bonds. The van der Waals surface area contributed by atoms with E-state index in [0.717, 1.165) is 5.76 Å². The van der Waals surface area contributed by atoms with Gasteiger partial charge in [0.2, 0.25) is 0 Å². The molecule has 1 aromatic heterocycles. The number of esters is 1. The van der Waals surface area contributed by atoms with E-state index in [-0.39, 0.29) is 5.97 Å². The third-order valence-electron chi connectivity index (χ3n) is 2.20. The highest BCUT2D eigenvalue weighted by Crippen LogP contribution is 2.02. The molecule has 1 N–H and O–H groups in total. The van der Waals surface area contributed by atoms with Gasteiger partial charge in [-0.1, -0.05) is 13.0 Å². The van der Waals surface area contributed by atoms with Crippen LogP contribution in [0.15, 0.2) is 34.5 Å². The van der Waals surface area contributed by atoms with Crippen LogP contribution in [-0.2, 0) is 16.1 Å². The molecule has 88 valence electrons. The highest BCUT2D eigenvalue weighted by Gasteiger charge is 2.05. The van der Waals surface area contributed by atoms with Crippen LogP contribution in [0.25, 0.3) is 0 Å². The number of methoxy groups -OCH3 is 1. The summed E-state index contributed by atoms with van der Waals surface area (Å²) >= 11 is 0. The van der Waals surface area contributed by atoms with E-state index in [0.29, 0.717) is 25.1 Å². The first-order valence-corrected chi connectivity index (χ1v) is 5.28. The van der Waals surface area contributed by atoms with Crippen molar-refractivity contribution in [2.75, 3.05) is 13.7 Å². The molecule has 0 unspecified atom stereocenters. The predicted octanol–water partition coefficient (Wildman–Crippen LogP) is 1.88. The molecule has 0 saturated heterocycles. The van der Waals surface area contributed by atoms with Crippen molar-refractivity contribution in [2.24, 2.45) is 0 Å². The van der Waals surface area contributed by atoms with E-state index in [2.05, 4.69) is 10.1 Å². The van der Waals surface area contributed by atoms with Crippen molar-refractivity contribution in [2.45, 2.75) is 19.9 Å². The standard InChI is InChI=1S/C12H17NO3/c1-3-10(12(14)15-2)6-7-13-9-11-5-4-8-16-11/h4-6,8,13H,3,7,9H2,1-2H3/b10-6-. The van der Waals surface area contributed by atoms with Crippen LogP contribution in [0.4, 0.5) is 0 Å². The van der Waals surface area contributed by atoms with Crippen LogP contribution < -0.4 is 5.32 Å². The number of carbonyl (C=O) groups excluding carboxylic acids is 1. The summed E-state index contributed by atoms with van der Waals surface area (Å²) in [5, 5.41) is 3.15. The number of furan rings is 1. The van der Waals surface area contributed by atoms with Gasteiger partial charge >= 0.3 is 5.97 Å². The molecule has 0 aliphatic heterocycles. The second-order valence-electron chi connectivity index (χ2n) is 3.28. The summed E-state index contributed by atoms with van der Waals surface area (Å²) in [6.45, 7) is 3.20. The minimum absolute atomic E-state index is 0.262. The molecule has 16 heavy (non-hydrogen) atoms. The van der Waals surface area contributed by atoms with Gasteiger partial charge in [-0.05, 0) is 18.6 Å². The largest absolute Gasteiger partial charge is 0.468 e. The Kier molecular flexibility index (Phi) is 5.36. The highest BCUT2D eigenvalue weighted by atomic mass is 16.5. The Labute approximate surface area is 95.3 Å². The number of carbonyl (C=O) groups is 1.